The highest BCUT2D eigenvalue weighted by Gasteiger charge is 2.22. The molecule has 0 aliphatic heterocycles. The normalized spacial score (nSPS) is 12.8. The van der Waals surface area contributed by atoms with E-state index in [-0.39, 0.29) is 11.6 Å². The predicted octanol–water partition coefficient (Wildman–Crippen LogP) is 3.54. The molecule has 1 atom stereocenters. The van der Waals surface area contributed by atoms with Gasteiger partial charge in [-0.3, -0.25) is 4.79 Å². The van der Waals surface area contributed by atoms with E-state index in [1.165, 1.54) is 12.1 Å². The fourth-order valence-corrected chi connectivity index (χ4v) is 4.04. The molecule has 2 rings (SSSR count). The standard InChI is InChI=1S/C20H23F3N2O3S/c1-12(2)25-29(27,28)19-11-15(7-9-17(19)22)20(26)24-13(3)4-5-14-6-8-16(21)18(23)10-14/h6-13,25H,4-5H2,1-3H3,(H,24,26). The highest BCUT2D eigenvalue weighted by Crippen LogP contribution is 2.17. The Morgan fingerprint density at radius 2 is 1.62 bits per heavy atom. The van der Waals surface area contributed by atoms with Gasteiger partial charge in [0.2, 0.25) is 10.0 Å². The van der Waals surface area contributed by atoms with E-state index >= 15 is 0 Å². The molecule has 0 saturated carbocycles. The molecular formula is C20H23F3N2O3S. The van der Waals surface area contributed by atoms with Crippen molar-refractivity contribution >= 4 is 15.9 Å². The first kappa shape index (κ1) is 22.9. The maximum absolute atomic E-state index is 14.0. The number of halogens is 3. The number of nitrogens with one attached hydrogen (secondary N) is 2. The Morgan fingerprint density at radius 3 is 2.24 bits per heavy atom. The summed E-state index contributed by atoms with van der Waals surface area (Å²) in [6.45, 7) is 4.92. The van der Waals surface area contributed by atoms with Gasteiger partial charge in [-0.15, -0.1) is 0 Å². The van der Waals surface area contributed by atoms with Gasteiger partial charge in [-0.2, -0.15) is 0 Å². The van der Waals surface area contributed by atoms with Crippen molar-refractivity contribution in [3.63, 3.8) is 0 Å². The minimum atomic E-state index is -4.10. The molecule has 0 aliphatic carbocycles. The molecule has 0 aromatic heterocycles. The van der Waals surface area contributed by atoms with Crippen molar-refractivity contribution in [1.29, 1.82) is 0 Å². The summed E-state index contributed by atoms with van der Waals surface area (Å²) in [5.41, 5.74) is 0.579. The lowest BCUT2D eigenvalue weighted by Gasteiger charge is -2.15. The largest absolute Gasteiger partial charge is 0.350 e. The Bertz CT molecular complexity index is 994. The molecule has 2 N–H and O–H groups in total. The van der Waals surface area contributed by atoms with Crippen molar-refractivity contribution in [3.8, 4) is 0 Å². The number of amides is 1. The van der Waals surface area contributed by atoms with Crippen LogP contribution in [-0.4, -0.2) is 26.4 Å². The second kappa shape index (κ2) is 9.41. The molecule has 158 valence electrons. The summed E-state index contributed by atoms with van der Waals surface area (Å²) in [4.78, 5) is 11.8. The predicted molar refractivity (Wildman–Crippen MR) is 103 cm³/mol. The van der Waals surface area contributed by atoms with Crippen molar-refractivity contribution in [3.05, 3.63) is 65.0 Å². The molecular weight excluding hydrogens is 405 g/mol. The zero-order valence-electron chi connectivity index (χ0n) is 16.3. The van der Waals surface area contributed by atoms with Crippen LogP contribution in [0.15, 0.2) is 41.3 Å². The van der Waals surface area contributed by atoms with E-state index in [4.69, 9.17) is 0 Å². The Hall–Kier alpha value is -2.39. The number of benzene rings is 2. The highest BCUT2D eigenvalue weighted by molar-refractivity contribution is 7.89. The summed E-state index contributed by atoms with van der Waals surface area (Å²) in [6, 6.07) is 5.94. The van der Waals surface area contributed by atoms with Gasteiger partial charge in [0.05, 0.1) is 0 Å². The average Bonchev–Trinajstić information content (AvgIpc) is 2.61. The van der Waals surface area contributed by atoms with Crippen molar-refractivity contribution in [2.75, 3.05) is 0 Å². The molecule has 0 aliphatic rings. The van der Waals surface area contributed by atoms with Crippen LogP contribution in [0.4, 0.5) is 13.2 Å². The van der Waals surface area contributed by atoms with Crippen LogP contribution in [0.25, 0.3) is 0 Å². The summed E-state index contributed by atoms with van der Waals surface area (Å²) in [5.74, 6) is -3.39. The van der Waals surface area contributed by atoms with Crippen LogP contribution in [0.3, 0.4) is 0 Å². The Balaban J connectivity index is 2.06. The third kappa shape index (κ3) is 6.30. The van der Waals surface area contributed by atoms with Crippen molar-refractivity contribution < 1.29 is 26.4 Å². The molecule has 2 aromatic carbocycles. The van der Waals surface area contributed by atoms with Gasteiger partial charge >= 0.3 is 0 Å². The Morgan fingerprint density at radius 1 is 0.966 bits per heavy atom. The molecule has 2 aromatic rings. The number of hydrogen-bond acceptors (Lipinski definition) is 3. The lowest BCUT2D eigenvalue weighted by molar-refractivity contribution is 0.0938. The zero-order valence-corrected chi connectivity index (χ0v) is 17.1. The SMILES string of the molecule is CC(C)NS(=O)(=O)c1cc(C(=O)NC(C)CCc2ccc(F)c(F)c2)ccc1F. The van der Waals surface area contributed by atoms with E-state index < -0.39 is 44.3 Å². The van der Waals surface area contributed by atoms with Gasteiger partial charge in [-0.25, -0.2) is 26.3 Å². The van der Waals surface area contributed by atoms with Gasteiger partial charge in [0.25, 0.3) is 5.91 Å². The molecule has 0 bridgehead atoms. The van der Waals surface area contributed by atoms with Gasteiger partial charge in [0.1, 0.15) is 10.7 Å². The molecule has 9 heteroatoms. The van der Waals surface area contributed by atoms with Gasteiger partial charge in [0, 0.05) is 17.6 Å². The van der Waals surface area contributed by atoms with Crippen molar-refractivity contribution in [1.82, 2.24) is 10.0 Å². The number of aryl methyl sites for hydroxylation is 1. The molecule has 0 radical (unpaired) electrons. The third-order valence-corrected chi connectivity index (χ3v) is 5.77. The number of carbonyl (C=O) groups excluding carboxylic acids is 1. The second-order valence-electron chi connectivity index (χ2n) is 7.08. The third-order valence-electron chi connectivity index (χ3n) is 4.10. The fraction of sp³-hybridized carbons (Fsp3) is 0.350. The Labute approximate surface area is 168 Å². The average molecular weight is 428 g/mol. The van der Waals surface area contributed by atoms with Crippen LogP contribution >= 0.6 is 0 Å². The summed E-state index contributed by atoms with van der Waals surface area (Å²) in [5, 5.41) is 2.69. The molecule has 0 saturated heterocycles. The van der Waals surface area contributed by atoms with Crippen LogP contribution in [0.1, 0.15) is 43.1 Å². The number of sulfonamides is 1. The summed E-state index contributed by atoms with van der Waals surface area (Å²) in [6.07, 6.45) is 0.845. The molecule has 1 unspecified atom stereocenters. The number of hydrogen-bond donors (Lipinski definition) is 2. The van der Waals surface area contributed by atoms with E-state index in [1.807, 2.05) is 0 Å². The first-order chi connectivity index (χ1) is 13.5. The minimum absolute atomic E-state index is 0.00444. The summed E-state index contributed by atoms with van der Waals surface area (Å²) < 4.78 is 67.0. The lowest BCUT2D eigenvalue weighted by atomic mass is 10.1. The van der Waals surface area contributed by atoms with Crippen LogP contribution in [0, 0.1) is 17.5 Å². The minimum Gasteiger partial charge on any atom is -0.350 e. The maximum atomic E-state index is 14.0. The smallest absolute Gasteiger partial charge is 0.251 e. The Kier molecular flexibility index (Phi) is 7.43. The van der Waals surface area contributed by atoms with Crippen LogP contribution < -0.4 is 10.0 Å². The zero-order chi connectivity index (χ0) is 21.8. The fourth-order valence-electron chi connectivity index (χ4n) is 2.68. The van der Waals surface area contributed by atoms with Gasteiger partial charge < -0.3 is 5.32 Å². The van der Waals surface area contributed by atoms with Crippen LogP contribution in [0.2, 0.25) is 0 Å². The second-order valence-corrected chi connectivity index (χ2v) is 8.77. The van der Waals surface area contributed by atoms with Crippen molar-refractivity contribution in [2.24, 2.45) is 0 Å². The molecule has 0 fully saturated rings. The van der Waals surface area contributed by atoms with Gasteiger partial charge in [-0.1, -0.05) is 6.07 Å². The number of carbonyl (C=O) groups is 1. The van der Waals surface area contributed by atoms with Crippen LogP contribution in [0.5, 0.6) is 0 Å². The molecule has 29 heavy (non-hydrogen) atoms. The van der Waals surface area contributed by atoms with Gasteiger partial charge in [0.15, 0.2) is 11.6 Å². The van der Waals surface area contributed by atoms with E-state index in [2.05, 4.69) is 10.0 Å². The van der Waals surface area contributed by atoms with E-state index in [9.17, 15) is 26.4 Å². The van der Waals surface area contributed by atoms with E-state index in [0.717, 1.165) is 24.3 Å². The monoisotopic (exact) mass is 428 g/mol. The van der Waals surface area contributed by atoms with Crippen molar-refractivity contribution in [2.45, 2.75) is 50.6 Å². The van der Waals surface area contributed by atoms with E-state index in [1.54, 1.807) is 20.8 Å². The summed E-state index contributed by atoms with van der Waals surface area (Å²) in [7, 11) is -4.10. The first-order valence-electron chi connectivity index (χ1n) is 9.06. The number of rotatable bonds is 8. The topological polar surface area (TPSA) is 75.3 Å². The molecule has 0 heterocycles. The quantitative estimate of drug-likeness (QED) is 0.675. The first-order valence-corrected chi connectivity index (χ1v) is 10.5. The van der Waals surface area contributed by atoms with Crippen LogP contribution in [-0.2, 0) is 16.4 Å². The van der Waals surface area contributed by atoms with E-state index in [0.29, 0.717) is 18.4 Å². The van der Waals surface area contributed by atoms with Gasteiger partial charge in [-0.05, 0) is 69.5 Å². The lowest BCUT2D eigenvalue weighted by Crippen LogP contribution is -2.34. The highest BCUT2D eigenvalue weighted by atomic mass is 32.2. The molecule has 5 nitrogen and oxygen atoms in total. The molecule has 1 amide bonds. The summed E-state index contributed by atoms with van der Waals surface area (Å²) >= 11 is 0. The maximum Gasteiger partial charge on any atom is 0.251 e. The molecule has 0 spiro atoms.